The van der Waals surface area contributed by atoms with Crippen LogP contribution in [-0.2, 0) is 26.7 Å². The van der Waals surface area contributed by atoms with Gasteiger partial charge in [-0.15, -0.1) is 0 Å². The smallest absolute Gasteiger partial charge is 0.423 e. The van der Waals surface area contributed by atoms with Crippen LogP contribution < -0.4 is 33.3 Å². The molecular weight excluding hydrogens is 601 g/mol. The summed E-state index contributed by atoms with van der Waals surface area (Å²) in [7, 11) is -2.35. The van der Waals surface area contributed by atoms with Crippen LogP contribution in [-0.4, -0.2) is 78.6 Å². The second-order valence-electron chi connectivity index (χ2n) is 9.41. The van der Waals surface area contributed by atoms with E-state index in [2.05, 4.69) is 10.6 Å². The topological polar surface area (TPSA) is 197 Å². The third-order valence-corrected chi connectivity index (χ3v) is 5.88. The summed E-state index contributed by atoms with van der Waals surface area (Å²) in [6.07, 6.45) is -9.14. The highest BCUT2D eigenvalue weighted by molar-refractivity contribution is 6.59. The molecule has 2 aromatic rings. The van der Waals surface area contributed by atoms with Crippen molar-refractivity contribution >= 4 is 36.0 Å². The Hall–Kier alpha value is -3.71. The van der Waals surface area contributed by atoms with Gasteiger partial charge in [0.05, 0.1) is 23.7 Å². The normalized spacial score (nSPS) is 12.0. The standard InChI is InChI=1S/C18H28BF3N6O5.C8H7F3/c20-18(21,22)12-9-11(1-2-13(12)19(32)33)27-15(29)10-26-17(31)14(25)3-4-16(30)28(7-5-23)8-6-24;1-6-2-4-7(5-3-6)8(9,10)11/h1-2,9,14,32-33H,3-8,10,23-25H2,(H,26,31)(H,27,29);2-5H,1H3. The first-order valence-corrected chi connectivity index (χ1v) is 13.1. The Labute approximate surface area is 249 Å². The van der Waals surface area contributed by atoms with Crippen LogP contribution in [0.4, 0.5) is 32.0 Å². The number of alkyl halides is 6. The van der Waals surface area contributed by atoms with Gasteiger partial charge in [-0.25, -0.2) is 0 Å². The van der Waals surface area contributed by atoms with E-state index in [-0.39, 0.29) is 37.5 Å². The van der Waals surface area contributed by atoms with Gasteiger partial charge in [-0.05, 0) is 43.1 Å². The van der Waals surface area contributed by atoms with Crippen molar-refractivity contribution in [2.24, 2.45) is 17.2 Å². The van der Waals surface area contributed by atoms with E-state index in [1.165, 1.54) is 17.0 Å². The van der Waals surface area contributed by atoms with Crippen molar-refractivity contribution in [1.29, 1.82) is 0 Å². The van der Waals surface area contributed by atoms with Gasteiger partial charge in [-0.3, -0.25) is 14.4 Å². The van der Waals surface area contributed by atoms with Gasteiger partial charge < -0.3 is 42.8 Å². The molecule has 0 fully saturated rings. The average molecular weight is 636 g/mol. The lowest BCUT2D eigenvalue weighted by atomic mass is 9.76. The number of anilines is 1. The zero-order valence-electron chi connectivity index (χ0n) is 23.7. The summed E-state index contributed by atoms with van der Waals surface area (Å²) in [4.78, 5) is 37.6. The highest BCUT2D eigenvalue weighted by Gasteiger charge is 2.36. The number of hydrogen-bond acceptors (Lipinski definition) is 8. The average Bonchev–Trinajstić information content (AvgIpc) is 2.93. The lowest BCUT2D eigenvalue weighted by molar-refractivity contribution is -0.138. The summed E-state index contributed by atoms with van der Waals surface area (Å²) >= 11 is 0. The van der Waals surface area contributed by atoms with E-state index < -0.39 is 60.5 Å². The predicted molar refractivity (Wildman–Crippen MR) is 151 cm³/mol. The van der Waals surface area contributed by atoms with Gasteiger partial charge >= 0.3 is 19.5 Å². The Bertz CT molecular complexity index is 1230. The molecular formula is C26H35BF6N6O5. The lowest BCUT2D eigenvalue weighted by Gasteiger charge is -2.22. The minimum absolute atomic E-state index is 0.00216. The van der Waals surface area contributed by atoms with Gasteiger partial charge in [-0.2, -0.15) is 26.3 Å². The maximum atomic E-state index is 13.1. The number of halogens is 6. The fraction of sp³-hybridized carbons (Fsp3) is 0.423. The molecule has 0 heterocycles. The molecule has 0 aliphatic carbocycles. The highest BCUT2D eigenvalue weighted by Crippen LogP contribution is 2.30. The van der Waals surface area contributed by atoms with Crippen molar-refractivity contribution in [3.05, 3.63) is 59.2 Å². The van der Waals surface area contributed by atoms with Crippen molar-refractivity contribution in [1.82, 2.24) is 10.2 Å². The van der Waals surface area contributed by atoms with Crippen LogP contribution in [0.3, 0.4) is 0 Å². The molecule has 0 saturated heterocycles. The number of amides is 3. The number of nitrogens with two attached hydrogens (primary N) is 3. The number of nitrogens with one attached hydrogen (secondary N) is 2. The van der Waals surface area contributed by atoms with Crippen molar-refractivity contribution in [3.63, 3.8) is 0 Å². The van der Waals surface area contributed by atoms with E-state index >= 15 is 0 Å². The van der Waals surface area contributed by atoms with E-state index in [1.807, 2.05) is 0 Å². The largest absolute Gasteiger partial charge is 0.489 e. The number of carbonyl (C=O) groups is 3. The molecule has 1 unspecified atom stereocenters. The number of aryl methyl sites for hydroxylation is 1. The Morgan fingerprint density at radius 3 is 1.98 bits per heavy atom. The Kier molecular flexibility index (Phi) is 15.3. The highest BCUT2D eigenvalue weighted by atomic mass is 19.4. The van der Waals surface area contributed by atoms with Crippen molar-refractivity contribution in [2.45, 2.75) is 38.2 Å². The molecule has 10 N–H and O–H groups in total. The third kappa shape index (κ3) is 13.3. The maximum Gasteiger partial charge on any atom is 0.489 e. The number of carbonyl (C=O) groups excluding carboxylic acids is 3. The zero-order valence-corrected chi connectivity index (χ0v) is 23.7. The molecule has 18 heteroatoms. The molecule has 0 spiro atoms. The van der Waals surface area contributed by atoms with E-state index in [4.69, 9.17) is 27.2 Å². The minimum Gasteiger partial charge on any atom is -0.423 e. The first-order chi connectivity index (χ1) is 20.4. The molecule has 0 saturated carbocycles. The molecule has 0 aliphatic heterocycles. The maximum absolute atomic E-state index is 13.1. The second kappa shape index (κ2) is 17.6. The molecule has 11 nitrogen and oxygen atoms in total. The summed E-state index contributed by atoms with van der Waals surface area (Å²) in [6, 6.07) is 6.36. The molecule has 2 rings (SSSR count). The van der Waals surface area contributed by atoms with Crippen LogP contribution >= 0.6 is 0 Å². The van der Waals surface area contributed by atoms with Crippen LogP contribution in [0.1, 0.15) is 29.5 Å². The van der Waals surface area contributed by atoms with Gasteiger partial charge in [0.25, 0.3) is 0 Å². The summed E-state index contributed by atoms with van der Waals surface area (Å²) in [5, 5.41) is 22.6. The van der Waals surface area contributed by atoms with Gasteiger partial charge in [0, 0.05) is 38.3 Å². The zero-order chi connectivity index (χ0) is 33.7. The van der Waals surface area contributed by atoms with Crippen LogP contribution in [0.25, 0.3) is 0 Å². The Morgan fingerprint density at radius 1 is 0.932 bits per heavy atom. The number of benzene rings is 2. The molecule has 244 valence electrons. The summed E-state index contributed by atoms with van der Waals surface area (Å²) in [6.45, 7) is 2.29. The quantitative estimate of drug-likeness (QED) is 0.128. The summed E-state index contributed by atoms with van der Waals surface area (Å²) in [5.74, 6) is -1.84. The third-order valence-electron chi connectivity index (χ3n) is 5.88. The van der Waals surface area contributed by atoms with Gasteiger partial charge in [0.15, 0.2) is 0 Å². The minimum atomic E-state index is -4.89. The fourth-order valence-corrected chi connectivity index (χ4v) is 3.59. The van der Waals surface area contributed by atoms with E-state index in [0.29, 0.717) is 19.2 Å². The van der Waals surface area contributed by atoms with E-state index in [9.17, 15) is 40.7 Å². The first-order valence-electron chi connectivity index (χ1n) is 13.1. The van der Waals surface area contributed by atoms with Crippen LogP contribution in [0.5, 0.6) is 0 Å². The molecule has 44 heavy (non-hydrogen) atoms. The second-order valence-corrected chi connectivity index (χ2v) is 9.41. The Balaban J connectivity index is 0.000000733. The summed E-state index contributed by atoms with van der Waals surface area (Å²) < 4.78 is 75.0. The molecule has 2 aromatic carbocycles. The number of rotatable bonds is 12. The van der Waals surface area contributed by atoms with Crippen LogP contribution in [0.15, 0.2) is 42.5 Å². The van der Waals surface area contributed by atoms with Crippen LogP contribution in [0.2, 0.25) is 0 Å². The van der Waals surface area contributed by atoms with Crippen LogP contribution in [0, 0.1) is 6.92 Å². The molecule has 0 radical (unpaired) electrons. The number of nitrogens with zero attached hydrogens (tertiary/aromatic N) is 1. The first kappa shape index (κ1) is 38.3. The van der Waals surface area contributed by atoms with E-state index in [0.717, 1.165) is 29.8 Å². The van der Waals surface area contributed by atoms with Gasteiger partial charge in [0.1, 0.15) is 0 Å². The fourth-order valence-electron chi connectivity index (χ4n) is 3.59. The lowest BCUT2D eigenvalue weighted by Crippen LogP contribution is -2.45. The van der Waals surface area contributed by atoms with Crippen molar-refractivity contribution < 1.29 is 50.8 Å². The van der Waals surface area contributed by atoms with Crippen molar-refractivity contribution in [2.75, 3.05) is 38.0 Å². The molecule has 0 aliphatic rings. The van der Waals surface area contributed by atoms with Gasteiger partial charge in [-0.1, -0.05) is 23.8 Å². The summed E-state index contributed by atoms with van der Waals surface area (Å²) in [5.41, 5.74) is 14.5. The molecule has 3 amide bonds. The molecule has 1 atom stereocenters. The van der Waals surface area contributed by atoms with E-state index in [1.54, 1.807) is 6.92 Å². The van der Waals surface area contributed by atoms with Crippen molar-refractivity contribution in [3.8, 4) is 0 Å². The predicted octanol–water partition coefficient (Wildman–Crippen LogP) is 0.307. The number of hydrogen-bond donors (Lipinski definition) is 7. The molecule has 0 bridgehead atoms. The SMILES string of the molecule is Cc1ccc(C(F)(F)F)cc1.NCCN(CCN)C(=O)CCC(N)C(=O)NCC(=O)Nc1ccc(B(O)O)c(C(F)(F)F)c1. The van der Waals surface area contributed by atoms with Gasteiger partial charge in [0.2, 0.25) is 17.7 Å². The monoisotopic (exact) mass is 636 g/mol. The molecule has 0 aromatic heterocycles. The Morgan fingerprint density at radius 2 is 1.50 bits per heavy atom.